The van der Waals surface area contributed by atoms with Crippen LogP contribution in [0.25, 0.3) is 0 Å². The molecule has 0 radical (unpaired) electrons. The zero-order chi connectivity index (χ0) is 17.7. The summed E-state index contributed by atoms with van der Waals surface area (Å²) in [4.78, 5) is 11.5. The fraction of sp³-hybridized carbons (Fsp3) is 0.154. The van der Waals surface area contributed by atoms with E-state index in [9.17, 15) is 13.2 Å². The Labute approximate surface area is 152 Å². The Morgan fingerprint density at radius 3 is 2.92 bits per heavy atom. The summed E-state index contributed by atoms with van der Waals surface area (Å²) >= 11 is 8.37. The van der Waals surface area contributed by atoms with Crippen molar-refractivity contribution in [2.75, 3.05) is 17.6 Å². The molecule has 1 aromatic heterocycles. The topological polar surface area (TPSA) is 98.3 Å². The van der Waals surface area contributed by atoms with E-state index in [1.54, 1.807) is 6.08 Å². The Bertz CT molecular complexity index is 867. The lowest BCUT2D eigenvalue weighted by Crippen LogP contribution is -2.14. The highest BCUT2D eigenvalue weighted by Gasteiger charge is 2.20. The number of carbonyl (C=O) groups excluding carboxylic acids is 1. The van der Waals surface area contributed by atoms with E-state index in [1.165, 1.54) is 31.0 Å². The van der Waals surface area contributed by atoms with E-state index < -0.39 is 16.0 Å². The standard InChI is InChI=1S/C13H12ClN3O4S3/c1-3-6-22-13-16-15-12(23-13)17-24(19,20)8-4-5-10(14)9(7-8)11(18)21-2/h3-5,7H,1,6H2,2H3,(H,15,17). The Balaban J connectivity index is 2.25. The highest BCUT2D eigenvalue weighted by Crippen LogP contribution is 2.28. The summed E-state index contributed by atoms with van der Waals surface area (Å²) in [5.74, 6) is -0.0859. The zero-order valence-electron chi connectivity index (χ0n) is 12.4. The summed E-state index contributed by atoms with van der Waals surface area (Å²) in [6, 6.07) is 3.74. The summed E-state index contributed by atoms with van der Waals surface area (Å²) in [5.41, 5.74) is -0.0402. The van der Waals surface area contributed by atoms with Gasteiger partial charge in [0.2, 0.25) is 5.13 Å². The highest BCUT2D eigenvalue weighted by atomic mass is 35.5. The number of thioether (sulfide) groups is 1. The zero-order valence-corrected chi connectivity index (χ0v) is 15.6. The van der Waals surface area contributed by atoms with Crippen molar-refractivity contribution in [1.29, 1.82) is 0 Å². The third-order valence-electron chi connectivity index (χ3n) is 2.61. The van der Waals surface area contributed by atoms with Gasteiger partial charge in [0.1, 0.15) is 0 Å². The smallest absolute Gasteiger partial charge is 0.339 e. The minimum atomic E-state index is -3.94. The monoisotopic (exact) mass is 405 g/mol. The summed E-state index contributed by atoms with van der Waals surface area (Å²) < 4.78 is 32.3. The van der Waals surface area contributed by atoms with Crippen LogP contribution in [0.4, 0.5) is 5.13 Å². The molecule has 0 fully saturated rings. The van der Waals surface area contributed by atoms with Crippen LogP contribution in [0, 0.1) is 0 Å². The molecule has 0 atom stereocenters. The quantitative estimate of drug-likeness (QED) is 0.429. The molecule has 0 saturated heterocycles. The molecule has 2 aromatic rings. The van der Waals surface area contributed by atoms with Gasteiger partial charge in [-0.15, -0.1) is 16.8 Å². The minimum absolute atomic E-state index is 0.0402. The lowest BCUT2D eigenvalue weighted by Gasteiger charge is -2.07. The van der Waals surface area contributed by atoms with Crippen LogP contribution < -0.4 is 4.72 Å². The van der Waals surface area contributed by atoms with Crippen LogP contribution in [0.2, 0.25) is 5.02 Å². The number of aromatic nitrogens is 2. The first-order valence-electron chi connectivity index (χ1n) is 6.35. The molecule has 0 aliphatic carbocycles. The minimum Gasteiger partial charge on any atom is -0.465 e. The van der Waals surface area contributed by atoms with Crippen molar-refractivity contribution in [2.45, 2.75) is 9.24 Å². The van der Waals surface area contributed by atoms with Gasteiger partial charge in [-0.25, -0.2) is 13.2 Å². The highest BCUT2D eigenvalue weighted by molar-refractivity contribution is 8.01. The van der Waals surface area contributed by atoms with Crippen LogP contribution >= 0.6 is 34.7 Å². The average Bonchev–Trinajstić information content (AvgIpc) is 2.99. The molecule has 128 valence electrons. The molecule has 0 spiro atoms. The van der Waals surface area contributed by atoms with E-state index in [2.05, 4.69) is 26.2 Å². The van der Waals surface area contributed by atoms with Crippen molar-refractivity contribution in [2.24, 2.45) is 0 Å². The second-order valence-electron chi connectivity index (χ2n) is 4.21. The van der Waals surface area contributed by atoms with Gasteiger partial charge >= 0.3 is 5.97 Å². The maximum Gasteiger partial charge on any atom is 0.339 e. The van der Waals surface area contributed by atoms with E-state index in [4.69, 9.17) is 11.6 Å². The van der Waals surface area contributed by atoms with Crippen molar-refractivity contribution in [3.63, 3.8) is 0 Å². The van der Waals surface area contributed by atoms with Gasteiger partial charge in [-0.2, -0.15) is 0 Å². The van der Waals surface area contributed by atoms with Crippen LogP contribution in [0.5, 0.6) is 0 Å². The van der Waals surface area contributed by atoms with Gasteiger partial charge in [-0.05, 0) is 18.2 Å². The Kier molecular flexibility index (Phi) is 6.21. The SMILES string of the molecule is C=CCSc1nnc(NS(=O)(=O)c2ccc(Cl)c(C(=O)OC)c2)s1. The van der Waals surface area contributed by atoms with Crippen LogP contribution in [-0.4, -0.2) is 37.4 Å². The van der Waals surface area contributed by atoms with Crippen molar-refractivity contribution >= 4 is 55.8 Å². The number of carbonyl (C=O) groups is 1. The number of ether oxygens (including phenoxy) is 1. The molecule has 24 heavy (non-hydrogen) atoms. The molecule has 7 nitrogen and oxygen atoms in total. The maximum atomic E-state index is 12.4. The number of anilines is 1. The van der Waals surface area contributed by atoms with Crippen molar-refractivity contribution in [3.05, 3.63) is 41.4 Å². The number of benzene rings is 1. The second kappa shape index (κ2) is 7.97. The number of nitrogens with zero attached hydrogens (tertiary/aromatic N) is 2. The first-order valence-corrected chi connectivity index (χ1v) is 10.0. The van der Waals surface area contributed by atoms with E-state index in [0.717, 1.165) is 17.4 Å². The van der Waals surface area contributed by atoms with E-state index in [0.29, 0.717) is 10.1 Å². The summed E-state index contributed by atoms with van der Waals surface area (Å²) in [5, 5.41) is 7.86. The molecule has 11 heteroatoms. The summed E-state index contributed by atoms with van der Waals surface area (Å²) in [7, 11) is -2.76. The number of methoxy groups -OCH3 is 1. The number of hydrogen-bond acceptors (Lipinski definition) is 8. The fourth-order valence-electron chi connectivity index (χ4n) is 1.55. The van der Waals surface area contributed by atoms with Crippen LogP contribution in [-0.2, 0) is 14.8 Å². The lowest BCUT2D eigenvalue weighted by molar-refractivity contribution is 0.0600. The molecular weight excluding hydrogens is 394 g/mol. The van der Waals surface area contributed by atoms with Gasteiger partial charge in [0.05, 0.1) is 22.6 Å². The molecular formula is C13H12ClN3O4S3. The number of esters is 1. The second-order valence-corrected chi connectivity index (χ2v) is 8.55. The number of rotatable bonds is 7. The molecule has 0 bridgehead atoms. The van der Waals surface area contributed by atoms with E-state index in [1.807, 2.05) is 0 Å². The molecule has 1 N–H and O–H groups in total. The molecule has 1 aromatic carbocycles. The van der Waals surface area contributed by atoms with Gasteiger partial charge in [-0.1, -0.05) is 40.8 Å². The van der Waals surface area contributed by atoms with Gasteiger partial charge in [0, 0.05) is 5.75 Å². The molecule has 2 rings (SSSR count). The van der Waals surface area contributed by atoms with Gasteiger partial charge in [-0.3, -0.25) is 4.72 Å². The number of nitrogens with one attached hydrogen (secondary N) is 1. The van der Waals surface area contributed by atoms with Gasteiger partial charge < -0.3 is 4.74 Å². The largest absolute Gasteiger partial charge is 0.465 e. The molecule has 0 aliphatic heterocycles. The average molecular weight is 406 g/mol. The van der Waals surface area contributed by atoms with E-state index >= 15 is 0 Å². The molecule has 0 amide bonds. The number of sulfonamides is 1. The fourth-order valence-corrected chi connectivity index (χ4v) is 4.51. The lowest BCUT2D eigenvalue weighted by atomic mass is 10.2. The predicted molar refractivity (Wildman–Crippen MR) is 94.4 cm³/mol. The summed E-state index contributed by atoms with van der Waals surface area (Å²) in [6.45, 7) is 3.59. The van der Waals surface area contributed by atoms with Gasteiger partial charge in [0.15, 0.2) is 4.34 Å². The maximum absolute atomic E-state index is 12.4. The molecule has 0 aliphatic rings. The Morgan fingerprint density at radius 1 is 1.50 bits per heavy atom. The van der Waals surface area contributed by atoms with Crippen molar-refractivity contribution < 1.29 is 17.9 Å². The number of halogens is 1. The molecule has 0 unspecified atom stereocenters. The first kappa shape index (κ1) is 18.7. The van der Waals surface area contributed by atoms with Crippen LogP contribution in [0.15, 0.2) is 40.1 Å². The Hall–Kier alpha value is -1.62. The predicted octanol–water partition coefficient (Wildman–Crippen LogP) is 3.06. The van der Waals surface area contributed by atoms with E-state index in [-0.39, 0.29) is 20.6 Å². The molecule has 0 saturated carbocycles. The van der Waals surface area contributed by atoms with Crippen molar-refractivity contribution in [1.82, 2.24) is 10.2 Å². The third kappa shape index (κ3) is 4.47. The van der Waals surface area contributed by atoms with Crippen LogP contribution in [0.3, 0.4) is 0 Å². The first-order chi connectivity index (χ1) is 11.4. The van der Waals surface area contributed by atoms with Crippen LogP contribution in [0.1, 0.15) is 10.4 Å². The van der Waals surface area contributed by atoms with Gasteiger partial charge in [0.25, 0.3) is 10.0 Å². The number of hydrogen-bond donors (Lipinski definition) is 1. The Morgan fingerprint density at radius 2 is 2.25 bits per heavy atom. The summed E-state index contributed by atoms with van der Waals surface area (Å²) in [6.07, 6.45) is 1.71. The third-order valence-corrected chi connectivity index (χ3v) is 6.37. The van der Waals surface area contributed by atoms with Crippen molar-refractivity contribution in [3.8, 4) is 0 Å². The normalized spacial score (nSPS) is 11.1. The molecule has 1 heterocycles.